The highest BCUT2D eigenvalue weighted by Crippen LogP contribution is 2.27. The van der Waals surface area contributed by atoms with E-state index in [4.69, 9.17) is 27.9 Å². The molecule has 9 heteroatoms. The van der Waals surface area contributed by atoms with E-state index in [1.165, 1.54) is 28.6 Å². The Morgan fingerprint density at radius 3 is 2.29 bits per heavy atom. The third kappa shape index (κ3) is 4.50. The lowest BCUT2D eigenvalue weighted by molar-refractivity contribution is -0.0440. The zero-order valence-corrected chi connectivity index (χ0v) is 17.7. The molecule has 1 fully saturated rings. The fourth-order valence-corrected chi connectivity index (χ4v) is 5.04. The summed E-state index contributed by atoms with van der Waals surface area (Å²) in [4.78, 5) is 12.6. The van der Waals surface area contributed by atoms with Crippen LogP contribution in [0.3, 0.4) is 0 Å². The van der Waals surface area contributed by atoms with E-state index in [0.717, 1.165) is 0 Å². The smallest absolute Gasteiger partial charge is 0.257 e. The van der Waals surface area contributed by atoms with Crippen molar-refractivity contribution in [3.05, 3.63) is 58.1 Å². The van der Waals surface area contributed by atoms with Gasteiger partial charge in [-0.15, -0.1) is 0 Å². The summed E-state index contributed by atoms with van der Waals surface area (Å²) in [5.41, 5.74) is 0.686. The second-order valence-corrected chi connectivity index (χ2v) is 9.38. The zero-order valence-electron chi connectivity index (χ0n) is 15.4. The van der Waals surface area contributed by atoms with E-state index >= 15 is 0 Å². The Hall–Kier alpha value is -1.64. The number of halogens is 2. The first-order valence-corrected chi connectivity index (χ1v) is 10.9. The van der Waals surface area contributed by atoms with Gasteiger partial charge in [-0.3, -0.25) is 4.79 Å². The SMILES string of the molecule is CC1CN(S(=O)(=O)c2ccc(NC(=O)c3cccc(Cl)c3Cl)cc2)CC(C)O1. The number of amides is 1. The number of carbonyl (C=O) groups excluding carboxylic acids is 1. The van der Waals surface area contributed by atoms with E-state index in [2.05, 4.69) is 5.32 Å². The van der Waals surface area contributed by atoms with Crippen LogP contribution in [0.25, 0.3) is 0 Å². The van der Waals surface area contributed by atoms with Crippen LogP contribution in [0.4, 0.5) is 5.69 Å². The molecule has 2 aromatic rings. The number of anilines is 1. The predicted octanol–water partition coefficient (Wildman–Crippen LogP) is 4.04. The van der Waals surface area contributed by atoms with E-state index in [-0.39, 0.29) is 32.7 Å². The summed E-state index contributed by atoms with van der Waals surface area (Å²) >= 11 is 12.0. The summed E-state index contributed by atoms with van der Waals surface area (Å²) in [7, 11) is -3.64. The summed E-state index contributed by atoms with van der Waals surface area (Å²) in [6.45, 7) is 4.30. The molecule has 3 rings (SSSR count). The Bertz CT molecular complexity index is 970. The number of sulfonamides is 1. The number of nitrogens with one attached hydrogen (secondary N) is 1. The van der Waals surface area contributed by atoms with Crippen molar-refractivity contribution in [3.8, 4) is 0 Å². The second-order valence-electron chi connectivity index (χ2n) is 6.66. The monoisotopic (exact) mass is 442 g/mol. The Balaban J connectivity index is 1.76. The van der Waals surface area contributed by atoms with Gasteiger partial charge in [0.25, 0.3) is 5.91 Å². The van der Waals surface area contributed by atoms with Gasteiger partial charge < -0.3 is 10.1 Å². The highest BCUT2D eigenvalue weighted by Gasteiger charge is 2.32. The minimum atomic E-state index is -3.64. The fourth-order valence-electron chi connectivity index (χ4n) is 3.06. The number of nitrogens with zero attached hydrogens (tertiary/aromatic N) is 1. The molecule has 1 heterocycles. The van der Waals surface area contributed by atoms with Gasteiger partial charge in [0.2, 0.25) is 10.0 Å². The third-order valence-electron chi connectivity index (χ3n) is 4.33. The van der Waals surface area contributed by atoms with E-state index in [9.17, 15) is 13.2 Å². The summed E-state index contributed by atoms with van der Waals surface area (Å²) in [5.74, 6) is -0.432. The molecule has 1 N–H and O–H groups in total. The van der Waals surface area contributed by atoms with E-state index in [1.807, 2.05) is 13.8 Å². The van der Waals surface area contributed by atoms with Crippen LogP contribution in [-0.4, -0.2) is 43.9 Å². The number of rotatable bonds is 4. The number of morpholine rings is 1. The number of hydrogen-bond donors (Lipinski definition) is 1. The normalized spacial score (nSPS) is 20.7. The molecule has 0 aliphatic carbocycles. The fraction of sp³-hybridized carbons (Fsp3) is 0.316. The molecule has 0 spiro atoms. The van der Waals surface area contributed by atoms with Crippen molar-refractivity contribution in [3.63, 3.8) is 0 Å². The van der Waals surface area contributed by atoms with Crippen molar-refractivity contribution in [2.75, 3.05) is 18.4 Å². The van der Waals surface area contributed by atoms with Gasteiger partial charge in [0, 0.05) is 18.8 Å². The number of benzene rings is 2. The maximum absolute atomic E-state index is 12.9. The molecule has 2 aromatic carbocycles. The zero-order chi connectivity index (χ0) is 20.5. The molecule has 28 heavy (non-hydrogen) atoms. The van der Waals surface area contributed by atoms with Gasteiger partial charge in [0.1, 0.15) is 0 Å². The molecule has 6 nitrogen and oxygen atoms in total. The van der Waals surface area contributed by atoms with Crippen molar-refractivity contribution >= 4 is 44.8 Å². The summed E-state index contributed by atoms with van der Waals surface area (Å²) in [6.07, 6.45) is -0.334. The van der Waals surface area contributed by atoms with Crippen LogP contribution in [0.1, 0.15) is 24.2 Å². The van der Waals surface area contributed by atoms with Crippen LogP contribution in [0.5, 0.6) is 0 Å². The van der Waals surface area contributed by atoms with Gasteiger partial charge >= 0.3 is 0 Å². The van der Waals surface area contributed by atoms with Gasteiger partial charge in [0.05, 0.1) is 32.7 Å². The topological polar surface area (TPSA) is 75.7 Å². The van der Waals surface area contributed by atoms with Gasteiger partial charge in [-0.25, -0.2) is 8.42 Å². The summed E-state index contributed by atoms with van der Waals surface area (Å²) < 4.78 is 32.8. The third-order valence-corrected chi connectivity index (χ3v) is 7.00. The molecule has 1 saturated heterocycles. The Labute approximate surface area is 174 Å². The maximum atomic E-state index is 12.9. The van der Waals surface area contributed by atoms with Crippen molar-refractivity contribution in [2.45, 2.75) is 31.0 Å². The quantitative estimate of drug-likeness (QED) is 0.774. The highest BCUT2D eigenvalue weighted by atomic mass is 35.5. The van der Waals surface area contributed by atoms with Crippen LogP contribution >= 0.6 is 23.2 Å². The Morgan fingerprint density at radius 1 is 1.07 bits per heavy atom. The Kier molecular flexibility index (Phi) is 6.31. The molecular formula is C19H20Cl2N2O4S. The number of hydrogen-bond acceptors (Lipinski definition) is 4. The standard InChI is InChI=1S/C19H20Cl2N2O4S/c1-12-10-23(11-13(2)27-12)28(25,26)15-8-6-14(7-9-15)22-19(24)16-4-3-5-17(20)18(16)21/h3-9,12-13H,10-11H2,1-2H3,(H,22,24). The lowest BCUT2D eigenvalue weighted by atomic mass is 10.2. The lowest BCUT2D eigenvalue weighted by Gasteiger charge is -2.34. The molecular weight excluding hydrogens is 423 g/mol. The van der Waals surface area contributed by atoms with Crippen LogP contribution < -0.4 is 5.32 Å². The molecule has 2 unspecified atom stereocenters. The first kappa shape index (κ1) is 21.1. The first-order chi connectivity index (χ1) is 13.2. The molecule has 1 amide bonds. The van der Waals surface area contributed by atoms with E-state index in [0.29, 0.717) is 18.8 Å². The average Bonchev–Trinajstić information content (AvgIpc) is 2.63. The van der Waals surface area contributed by atoms with Gasteiger partial charge in [-0.2, -0.15) is 4.31 Å². The van der Waals surface area contributed by atoms with Gasteiger partial charge in [-0.05, 0) is 50.2 Å². The number of ether oxygens (including phenoxy) is 1. The molecule has 0 saturated carbocycles. The predicted molar refractivity (Wildman–Crippen MR) is 110 cm³/mol. The van der Waals surface area contributed by atoms with Gasteiger partial charge in [0.15, 0.2) is 0 Å². The minimum Gasteiger partial charge on any atom is -0.373 e. The van der Waals surface area contributed by atoms with Crippen LogP contribution in [0.2, 0.25) is 10.0 Å². The minimum absolute atomic E-state index is 0.160. The second kappa shape index (κ2) is 8.39. The van der Waals surface area contributed by atoms with Crippen LogP contribution in [0, 0.1) is 0 Å². The first-order valence-electron chi connectivity index (χ1n) is 8.69. The van der Waals surface area contributed by atoms with E-state index in [1.54, 1.807) is 18.2 Å². The Morgan fingerprint density at radius 2 is 1.68 bits per heavy atom. The highest BCUT2D eigenvalue weighted by molar-refractivity contribution is 7.89. The molecule has 0 bridgehead atoms. The van der Waals surface area contributed by atoms with Crippen molar-refractivity contribution in [1.29, 1.82) is 0 Å². The van der Waals surface area contributed by atoms with Crippen molar-refractivity contribution in [1.82, 2.24) is 4.31 Å². The maximum Gasteiger partial charge on any atom is 0.257 e. The van der Waals surface area contributed by atoms with Crippen LogP contribution in [-0.2, 0) is 14.8 Å². The molecule has 2 atom stereocenters. The summed E-state index contributed by atoms with van der Waals surface area (Å²) in [6, 6.07) is 10.8. The molecule has 150 valence electrons. The van der Waals surface area contributed by atoms with Crippen molar-refractivity contribution in [2.24, 2.45) is 0 Å². The van der Waals surface area contributed by atoms with Gasteiger partial charge in [-0.1, -0.05) is 29.3 Å². The number of carbonyl (C=O) groups is 1. The molecule has 0 radical (unpaired) electrons. The van der Waals surface area contributed by atoms with Crippen molar-refractivity contribution < 1.29 is 17.9 Å². The van der Waals surface area contributed by atoms with E-state index < -0.39 is 15.9 Å². The molecule has 1 aliphatic rings. The molecule has 1 aliphatic heterocycles. The largest absolute Gasteiger partial charge is 0.373 e. The van der Waals surface area contributed by atoms with Crippen LogP contribution in [0.15, 0.2) is 47.4 Å². The lowest BCUT2D eigenvalue weighted by Crippen LogP contribution is -2.48. The molecule has 0 aromatic heterocycles. The summed E-state index contributed by atoms with van der Waals surface area (Å²) in [5, 5.41) is 3.13. The average molecular weight is 443 g/mol.